The molecule has 1 aromatic heterocycles. The lowest BCUT2D eigenvalue weighted by atomic mass is 10.2. The maximum absolute atomic E-state index is 5.23. The van der Waals surface area contributed by atoms with Gasteiger partial charge in [-0.05, 0) is 30.7 Å². The van der Waals surface area contributed by atoms with Crippen LogP contribution in [0.3, 0.4) is 0 Å². The van der Waals surface area contributed by atoms with E-state index >= 15 is 0 Å². The first-order chi connectivity index (χ1) is 8.31. The highest BCUT2D eigenvalue weighted by atomic mass is 16.5. The molecule has 0 aliphatic heterocycles. The van der Waals surface area contributed by atoms with Crippen molar-refractivity contribution in [1.82, 2.24) is 4.98 Å². The summed E-state index contributed by atoms with van der Waals surface area (Å²) in [5.41, 5.74) is 2.78. The second kappa shape index (κ2) is 5.25. The summed E-state index contributed by atoms with van der Waals surface area (Å²) in [6.45, 7) is 2.01. The van der Waals surface area contributed by atoms with Crippen LogP contribution in [0.5, 0.6) is 5.75 Å². The Labute approximate surface area is 101 Å². The Balaban J connectivity index is 2.29. The zero-order valence-electron chi connectivity index (χ0n) is 9.92. The molecule has 3 heteroatoms. The summed E-state index contributed by atoms with van der Waals surface area (Å²) in [4.78, 5) is 8.65. The minimum Gasteiger partial charge on any atom is -0.494 e. The standard InChI is InChI=1S/C14H14N2O/c1-11-6-5-9-15-13(11)10-16-12-7-3-4-8-14(12)17-2/h3-10H,1-2H3/b16-10-. The van der Waals surface area contributed by atoms with E-state index in [1.165, 1.54) is 0 Å². The van der Waals surface area contributed by atoms with E-state index in [2.05, 4.69) is 9.98 Å². The summed E-state index contributed by atoms with van der Waals surface area (Å²) in [7, 11) is 1.64. The van der Waals surface area contributed by atoms with Crippen LogP contribution in [0.25, 0.3) is 0 Å². The molecule has 86 valence electrons. The largest absolute Gasteiger partial charge is 0.494 e. The molecule has 3 nitrogen and oxygen atoms in total. The van der Waals surface area contributed by atoms with E-state index < -0.39 is 0 Å². The quantitative estimate of drug-likeness (QED) is 0.753. The summed E-state index contributed by atoms with van der Waals surface area (Å²) in [6, 6.07) is 11.6. The van der Waals surface area contributed by atoms with Gasteiger partial charge in [0.1, 0.15) is 11.4 Å². The van der Waals surface area contributed by atoms with Crippen LogP contribution < -0.4 is 4.74 Å². The molecule has 0 fully saturated rings. The molecule has 0 saturated carbocycles. The van der Waals surface area contributed by atoms with Gasteiger partial charge in [-0.2, -0.15) is 0 Å². The summed E-state index contributed by atoms with van der Waals surface area (Å²) < 4.78 is 5.23. The third kappa shape index (κ3) is 2.69. The second-order valence-corrected chi connectivity index (χ2v) is 3.64. The van der Waals surface area contributed by atoms with Crippen molar-refractivity contribution >= 4 is 11.9 Å². The highest BCUT2D eigenvalue weighted by molar-refractivity contribution is 5.82. The summed E-state index contributed by atoms with van der Waals surface area (Å²) in [5.74, 6) is 0.761. The van der Waals surface area contributed by atoms with Gasteiger partial charge in [-0.3, -0.25) is 9.98 Å². The van der Waals surface area contributed by atoms with Crippen LogP contribution in [0, 0.1) is 6.92 Å². The van der Waals surface area contributed by atoms with Crippen molar-refractivity contribution in [3.05, 3.63) is 53.9 Å². The SMILES string of the molecule is COc1ccccc1/N=C\c1ncccc1C. The summed E-state index contributed by atoms with van der Waals surface area (Å²) >= 11 is 0. The molecule has 0 unspecified atom stereocenters. The minimum atomic E-state index is 0.761. The Morgan fingerprint density at radius 1 is 1.18 bits per heavy atom. The molecule has 0 N–H and O–H groups in total. The van der Waals surface area contributed by atoms with Gasteiger partial charge in [0, 0.05) is 6.20 Å². The molecule has 0 aliphatic rings. The number of nitrogens with zero attached hydrogens (tertiary/aromatic N) is 2. The van der Waals surface area contributed by atoms with Crippen molar-refractivity contribution in [1.29, 1.82) is 0 Å². The number of aryl methyl sites for hydroxylation is 1. The van der Waals surface area contributed by atoms with Gasteiger partial charge < -0.3 is 4.74 Å². The van der Waals surface area contributed by atoms with E-state index in [-0.39, 0.29) is 0 Å². The molecule has 2 aromatic rings. The van der Waals surface area contributed by atoms with Gasteiger partial charge in [-0.15, -0.1) is 0 Å². The van der Waals surface area contributed by atoms with Crippen molar-refractivity contribution < 1.29 is 4.74 Å². The first-order valence-electron chi connectivity index (χ1n) is 5.40. The van der Waals surface area contributed by atoms with Crippen molar-refractivity contribution in [2.24, 2.45) is 4.99 Å². The number of hydrogen-bond acceptors (Lipinski definition) is 3. The van der Waals surface area contributed by atoms with E-state index in [1.54, 1.807) is 19.5 Å². The summed E-state index contributed by atoms with van der Waals surface area (Å²) in [6.07, 6.45) is 3.52. The van der Waals surface area contributed by atoms with Gasteiger partial charge in [0.25, 0.3) is 0 Å². The maximum atomic E-state index is 5.23. The molecule has 0 amide bonds. The first kappa shape index (κ1) is 11.3. The number of benzene rings is 1. The predicted octanol–water partition coefficient (Wildman–Crippen LogP) is 3.15. The Kier molecular flexibility index (Phi) is 3.50. The molecule has 2 rings (SSSR count). The van der Waals surface area contributed by atoms with Crippen molar-refractivity contribution in [2.45, 2.75) is 6.92 Å². The Morgan fingerprint density at radius 2 is 2.00 bits per heavy atom. The van der Waals surface area contributed by atoms with Crippen LogP contribution in [-0.2, 0) is 0 Å². The van der Waals surface area contributed by atoms with Gasteiger partial charge in [-0.1, -0.05) is 18.2 Å². The molecular formula is C14H14N2O. The highest BCUT2D eigenvalue weighted by Gasteiger charge is 1.99. The summed E-state index contributed by atoms with van der Waals surface area (Å²) in [5, 5.41) is 0. The van der Waals surface area contributed by atoms with Crippen LogP contribution in [-0.4, -0.2) is 18.3 Å². The van der Waals surface area contributed by atoms with E-state index in [0.29, 0.717) is 0 Å². The fourth-order valence-corrected chi connectivity index (χ4v) is 1.50. The van der Waals surface area contributed by atoms with Gasteiger partial charge in [-0.25, -0.2) is 0 Å². The molecule has 17 heavy (non-hydrogen) atoms. The lowest BCUT2D eigenvalue weighted by Crippen LogP contribution is -1.90. The number of para-hydroxylation sites is 2. The molecular weight excluding hydrogens is 212 g/mol. The van der Waals surface area contributed by atoms with Crippen LogP contribution in [0.2, 0.25) is 0 Å². The number of aromatic nitrogens is 1. The molecule has 0 aliphatic carbocycles. The monoisotopic (exact) mass is 226 g/mol. The molecule has 1 heterocycles. The van der Waals surface area contributed by atoms with E-state index in [4.69, 9.17) is 4.74 Å². The molecule has 0 saturated heterocycles. The normalized spacial score (nSPS) is 10.7. The van der Waals surface area contributed by atoms with E-state index in [0.717, 1.165) is 22.7 Å². The Hall–Kier alpha value is -2.16. The zero-order chi connectivity index (χ0) is 12.1. The maximum Gasteiger partial charge on any atom is 0.144 e. The number of ether oxygens (including phenoxy) is 1. The van der Waals surface area contributed by atoms with Crippen LogP contribution in [0.15, 0.2) is 47.6 Å². The average Bonchev–Trinajstić information content (AvgIpc) is 2.38. The number of aliphatic imine (C=N–C) groups is 1. The molecule has 1 aromatic carbocycles. The van der Waals surface area contributed by atoms with E-state index in [9.17, 15) is 0 Å². The average molecular weight is 226 g/mol. The number of rotatable bonds is 3. The van der Waals surface area contributed by atoms with Crippen molar-refractivity contribution in [3.8, 4) is 5.75 Å². The van der Waals surface area contributed by atoms with Gasteiger partial charge in [0.15, 0.2) is 0 Å². The highest BCUT2D eigenvalue weighted by Crippen LogP contribution is 2.25. The third-order valence-corrected chi connectivity index (χ3v) is 2.46. The fraction of sp³-hybridized carbons (Fsp3) is 0.143. The second-order valence-electron chi connectivity index (χ2n) is 3.64. The molecule has 0 spiro atoms. The number of pyridine rings is 1. The topological polar surface area (TPSA) is 34.5 Å². The van der Waals surface area contributed by atoms with Crippen LogP contribution >= 0.6 is 0 Å². The lowest BCUT2D eigenvalue weighted by Gasteiger charge is -2.03. The van der Waals surface area contributed by atoms with E-state index in [1.807, 2.05) is 43.3 Å². The van der Waals surface area contributed by atoms with Crippen LogP contribution in [0.1, 0.15) is 11.3 Å². The smallest absolute Gasteiger partial charge is 0.144 e. The lowest BCUT2D eigenvalue weighted by molar-refractivity contribution is 0.416. The number of hydrogen-bond donors (Lipinski definition) is 0. The molecule has 0 bridgehead atoms. The predicted molar refractivity (Wildman–Crippen MR) is 69.2 cm³/mol. The fourth-order valence-electron chi connectivity index (χ4n) is 1.50. The Bertz CT molecular complexity index is 535. The minimum absolute atomic E-state index is 0.761. The zero-order valence-corrected chi connectivity index (χ0v) is 9.92. The number of methoxy groups -OCH3 is 1. The molecule has 0 atom stereocenters. The van der Waals surface area contributed by atoms with Crippen molar-refractivity contribution in [2.75, 3.05) is 7.11 Å². The first-order valence-corrected chi connectivity index (χ1v) is 5.40. The van der Waals surface area contributed by atoms with Gasteiger partial charge >= 0.3 is 0 Å². The Morgan fingerprint density at radius 3 is 2.76 bits per heavy atom. The third-order valence-electron chi connectivity index (χ3n) is 2.46. The van der Waals surface area contributed by atoms with Gasteiger partial charge in [0.05, 0.1) is 19.0 Å². The van der Waals surface area contributed by atoms with Crippen LogP contribution in [0.4, 0.5) is 5.69 Å². The molecule has 0 radical (unpaired) electrons. The van der Waals surface area contributed by atoms with Crippen molar-refractivity contribution in [3.63, 3.8) is 0 Å². The van der Waals surface area contributed by atoms with Gasteiger partial charge in [0.2, 0.25) is 0 Å².